The second-order valence-electron chi connectivity index (χ2n) is 9.37. The van der Waals surface area contributed by atoms with E-state index in [0.29, 0.717) is 12.8 Å². The highest BCUT2D eigenvalue weighted by Gasteiger charge is 2.45. The minimum atomic E-state index is -4.23. The van der Waals surface area contributed by atoms with Gasteiger partial charge >= 0.3 is 16.2 Å². The van der Waals surface area contributed by atoms with E-state index in [9.17, 15) is 28.2 Å². The Morgan fingerprint density at radius 1 is 1.24 bits per heavy atom. The first-order valence-electron chi connectivity index (χ1n) is 12.1. The van der Waals surface area contributed by atoms with Crippen molar-refractivity contribution in [3.63, 3.8) is 0 Å². The molecule has 0 aromatic carbocycles. The van der Waals surface area contributed by atoms with Crippen LogP contribution in [0.25, 0.3) is 11.2 Å². The molecule has 0 aliphatic carbocycles. The summed E-state index contributed by atoms with van der Waals surface area (Å²) in [5.74, 6) is 0.308. The molecule has 16 nitrogen and oxygen atoms in total. The smallest absolute Gasteiger partial charge is 0.315 e. The van der Waals surface area contributed by atoms with E-state index in [1.165, 1.54) is 17.2 Å². The number of nitrogens with zero attached hydrogens (tertiary/aromatic N) is 4. The first-order chi connectivity index (χ1) is 18.1. The van der Waals surface area contributed by atoms with Gasteiger partial charge in [0.15, 0.2) is 17.7 Å². The zero-order valence-corrected chi connectivity index (χ0v) is 21.7. The molecular formula is C20H29N9O7S2. The number of carbonyl (C=O) groups is 2. The second-order valence-corrected chi connectivity index (χ2v) is 12.1. The summed E-state index contributed by atoms with van der Waals surface area (Å²) in [5, 5.41) is 27.0. The molecule has 0 spiro atoms. The van der Waals surface area contributed by atoms with E-state index in [-0.39, 0.29) is 46.8 Å². The predicted octanol–water partition coefficient (Wildman–Crippen LogP) is -2.30. The fourth-order valence-corrected chi connectivity index (χ4v) is 7.29. The van der Waals surface area contributed by atoms with E-state index in [4.69, 9.17) is 10.5 Å². The molecule has 2 aromatic rings. The minimum Gasteiger partial charge on any atom is -0.387 e. The number of hydrogen-bond acceptors (Lipinski definition) is 12. The topological polar surface area (TPSA) is 236 Å². The van der Waals surface area contributed by atoms with Gasteiger partial charge in [0.25, 0.3) is 0 Å². The third-order valence-electron chi connectivity index (χ3n) is 6.80. The van der Waals surface area contributed by atoms with Crippen LogP contribution in [-0.2, 0) is 19.7 Å². The quantitative estimate of drug-likeness (QED) is 0.118. The lowest BCUT2D eigenvalue weighted by Crippen LogP contribution is -2.45. The number of unbranched alkanes of at least 4 members (excludes halogenated alkanes) is 1. The summed E-state index contributed by atoms with van der Waals surface area (Å²) in [6.45, 7) is -0.400. The van der Waals surface area contributed by atoms with Crippen molar-refractivity contribution >= 4 is 50.9 Å². The van der Waals surface area contributed by atoms with Crippen LogP contribution in [0, 0.1) is 0 Å². The van der Waals surface area contributed by atoms with Gasteiger partial charge in [-0.15, -0.1) is 0 Å². The number of fused-ring (bicyclic) bond motifs is 2. The number of aliphatic hydroxyl groups excluding tert-OH is 2. The highest BCUT2D eigenvalue weighted by Crippen LogP contribution is 2.33. The zero-order valence-electron chi connectivity index (χ0n) is 20.1. The number of amides is 3. The van der Waals surface area contributed by atoms with Gasteiger partial charge in [0.2, 0.25) is 5.91 Å². The normalized spacial score (nSPS) is 30.8. The molecule has 8 N–H and O–H groups in total. The summed E-state index contributed by atoms with van der Waals surface area (Å²) >= 11 is 1.77. The van der Waals surface area contributed by atoms with Crippen LogP contribution in [0.15, 0.2) is 12.7 Å². The van der Waals surface area contributed by atoms with Crippen LogP contribution in [0.3, 0.4) is 0 Å². The molecule has 208 valence electrons. The van der Waals surface area contributed by atoms with Gasteiger partial charge in [-0.2, -0.15) is 24.9 Å². The molecular weight excluding hydrogens is 542 g/mol. The van der Waals surface area contributed by atoms with Crippen LogP contribution in [0.5, 0.6) is 0 Å². The Bertz CT molecular complexity index is 1310. The number of hydrogen-bond donors (Lipinski definition) is 7. The highest BCUT2D eigenvalue weighted by molar-refractivity contribution is 8.00. The molecule has 3 aliphatic rings. The van der Waals surface area contributed by atoms with Gasteiger partial charge < -0.3 is 31.3 Å². The maximum atomic E-state index is 12.4. The number of aliphatic hydroxyl groups is 2. The SMILES string of the molecule is Nc1ncnc2c1ncn2[C@@H]1OC(CNS(=O)(=O)NC(=O)CCCCC2SCC3NC(=O)NC32)[C@@H](O)[C@H]1O. The number of aromatic nitrogens is 4. The lowest BCUT2D eigenvalue weighted by molar-refractivity contribution is -0.119. The van der Waals surface area contributed by atoms with Crippen LogP contribution in [0.1, 0.15) is 31.9 Å². The van der Waals surface area contributed by atoms with E-state index < -0.39 is 47.2 Å². The van der Waals surface area contributed by atoms with E-state index in [1.807, 2.05) is 4.72 Å². The Kier molecular flexibility index (Phi) is 7.60. The molecule has 5 heterocycles. The first-order valence-corrected chi connectivity index (χ1v) is 14.6. The molecule has 5 rings (SSSR count). The maximum absolute atomic E-state index is 12.4. The summed E-state index contributed by atoms with van der Waals surface area (Å²) < 4.78 is 35.9. The highest BCUT2D eigenvalue weighted by atomic mass is 32.2. The molecule has 0 saturated carbocycles. The number of urea groups is 1. The van der Waals surface area contributed by atoms with Crippen molar-refractivity contribution < 1.29 is 33.0 Å². The monoisotopic (exact) mass is 571 g/mol. The van der Waals surface area contributed by atoms with Gasteiger partial charge in [-0.25, -0.2) is 24.5 Å². The van der Waals surface area contributed by atoms with Gasteiger partial charge in [-0.3, -0.25) is 9.36 Å². The molecule has 4 unspecified atom stereocenters. The summed E-state index contributed by atoms with van der Waals surface area (Å²) in [7, 11) is -4.23. The molecule has 38 heavy (non-hydrogen) atoms. The van der Waals surface area contributed by atoms with Crippen LogP contribution < -0.4 is 25.8 Å². The third-order valence-corrected chi connectivity index (χ3v) is 9.35. The number of imidazole rings is 1. The van der Waals surface area contributed by atoms with Gasteiger partial charge in [0.1, 0.15) is 30.2 Å². The molecule has 18 heteroatoms. The first kappa shape index (κ1) is 26.8. The number of rotatable bonds is 10. The van der Waals surface area contributed by atoms with Gasteiger partial charge in [0.05, 0.1) is 18.4 Å². The van der Waals surface area contributed by atoms with Crippen LogP contribution in [-0.4, -0.2) is 98.0 Å². The van der Waals surface area contributed by atoms with E-state index in [2.05, 4.69) is 30.3 Å². The fourth-order valence-electron chi connectivity index (χ4n) is 4.89. The Hall–Kier alpha value is -2.77. The summed E-state index contributed by atoms with van der Waals surface area (Å²) in [4.78, 5) is 35.7. The molecule has 0 radical (unpaired) electrons. The van der Waals surface area contributed by atoms with Crippen molar-refractivity contribution in [1.82, 2.24) is 39.6 Å². The van der Waals surface area contributed by atoms with Crippen molar-refractivity contribution in [3.8, 4) is 0 Å². The third kappa shape index (κ3) is 5.50. The lowest BCUT2D eigenvalue weighted by Gasteiger charge is -2.17. The van der Waals surface area contributed by atoms with Crippen molar-refractivity contribution in [2.45, 2.75) is 67.6 Å². The van der Waals surface area contributed by atoms with Crippen LogP contribution >= 0.6 is 11.8 Å². The standard InChI is InChI=1S/C20H29N9O7S2/c21-17-14-18(23-7-22-17)29(8-24-14)19-16(32)15(31)10(36-19)5-25-38(34,35)28-12(30)4-2-1-3-11-13-9(6-37-11)26-20(33)27-13/h7-11,13,15-16,19,25,31-32H,1-6H2,(H,28,30)(H2,21,22,23)(H2,26,27,33)/t9?,10?,11?,13?,15-,16-,19-/m1/s1. The molecule has 3 amide bonds. The largest absolute Gasteiger partial charge is 0.387 e. The molecule has 7 atom stereocenters. The Morgan fingerprint density at radius 3 is 2.87 bits per heavy atom. The van der Waals surface area contributed by atoms with Crippen molar-refractivity contribution in [3.05, 3.63) is 12.7 Å². The predicted molar refractivity (Wildman–Crippen MR) is 135 cm³/mol. The van der Waals surface area contributed by atoms with E-state index >= 15 is 0 Å². The van der Waals surface area contributed by atoms with Crippen molar-refractivity contribution in [1.29, 1.82) is 0 Å². The number of ether oxygens (including phenoxy) is 1. The Morgan fingerprint density at radius 2 is 2.05 bits per heavy atom. The molecule has 2 aromatic heterocycles. The molecule has 0 bridgehead atoms. The number of anilines is 1. The Balaban J connectivity index is 1.07. The van der Waals surface area contributed by atoms with Crippen LogP contribution in [0.4, 0.5) is 10.6 Å². The van der Waals surface area contributed by atoms with Crippen molar-refractivity contribution in [2.75, 3.05) is 18.0 Å². The number of nitrogen functional groups attached to an aromatic ring is 1. The lowest BCUT2D eigenvalue weighted by atomic mass is 10.0. The average molecular weight is 572 g/mol. The fraction of sp³-hybridized carbons (Fsp3) is 0.650. The van der Waals surface area contributed by atoms with Gasteiger partial charge in [-0.05, 0) is 12.8 Å². The van der Waals surface area contributed by atoms with E-state index in [1.54, 1.807) is 11.8 Å². The number of nitrogens with two attached hydrogens (primary N) is 1. The maximum Gasteiger partial charge on any atom is 0.315 e. The second kappa shape index (κ2) is 10.8. The zero-order chi connectivity index (χ0) is 27.0. The van der Waals surface area contributed by atoms with E-state index in [0.717, 1.165) is 12.2 Å². The number of thioether (sulfide) groups is 1. The molecule has 3 fully saturated rings. The number of nitrogens with one attached hydrogen (secondary N) is 4. The number of carbonyl (C=O) groups excluding carboxylic acids is 2. The minimum absolute atomic E-state index is 0.0129. The summed E-state index contributed by atoms with van der Waals surface area (Å²) in [5.41, 5.74) is 6.34. The molecule has 3 saturated heterocycles. The Labute approximate surface area is 221 Å². The van der Waals surface area contributed by atoms with Gasteiger partial charge in [-0.1, -0.05) is 6.42 Å². The summed E-state index contributed by atoms with van der Waals surface area (Å²) in [6, 6.07) is 0.0526. The molecule has 3 aliphatic heterocycles. The average Bonchev–Trinajstić information content (AvgIpc) is 3.61. The summed E-state index contributed by atoms with van der Waals surface area (Å²) in [6.07, 6.45) is -0.494. The van der Waals surface area contributed by atoms with Crippen molar-refractivity contribution in [2.24, 2.45) is 0 Å². The van der Waals surface area contributed by atoms with Crippen LogP contribution in [0.2, 0.25) is 0 Å². The van der Waals surface area contributed by atoms with Gasteiger partial charge in [0, 0.05) is 24.0 Å².